The number of rotatable bonds is 9. The van der Waals surface area contributed by atoms with Gasteiger partial charge in [0.25, 0.3) is 0 Å². The fourth-order valence-electron chi connectivity index (χ4n) is 9.13. The van der Waals surface area contributed by atoms with Crippen molar-refractivity contribution in [1.29, 1.82) is 0 Å². The predicted octanol–water partition coefficient (Wildman–Crippen LogP) is 8.81. The first kappa shape index (κ1) is 29.0. The summed E-state index contributed by atoms with van der Waals surface area (Å²) in [5.74, 6) is -5.10. The number of halogens is 5. The molecular formula is C30H45F5O2. The van der Waals surface area contributed by atoms with E-state index >= 15 is 0 Å². The van der Waals surface area contributed by atoms with Crippen LogP contribution in [0.1, 0.15) is 117 Å². The van der Waals surface area contributed by atoms with Gasteiger partial charge in [0.2, 0.25) is 0 Å². The lowest BCUT2D eigenvalue weighted by Crippen LogP contribution is -2.66. The van der Waals surface area contributed by atoms with E-state index in [4.69, 9.17) is 0 Å². The summed E-state index contributed by atoms with van der Waals surface area (Å²) in [7, 11) is 0. The summed E-state index contributed by atoms with van der Waals surface area (Å²) in [6.07, 6.45) is 7.27. The lowest BCUT2D eigenvalue weighted by molar-refractivity contribution is -0.364. The van der Waals surface area contributed by atoms with E-state index in [1.54, 1.807) is 0 Å². The van der Waals surface area contributed by atoms with E-state index in [2.05, 4.69) is 13.8 Å². The van der Waals surface area contributed by atoms with Gasteiger partial charge >= 0.3 is 12.1 Å². The standard InChI is InChI=1S/C30H45F5O2/c1-4-5-6-7-8-9-10-11-20-18-21-19-22(36)12-15-26(21,2)23-13-16-27(3)24(25(20)23)14-17-28(27,37)29(31,32)30(33,34)35/h19-20,23-25,37H,4-18H2,1-3H3/t20?,23-,24-,25+,26-,27-,28?/m0/s1. The second-order valence-electron chi connectivity index (χ2n) is 13.1. The third kappa shape index (κ3) is 4.61. The number of ketones is 1. The van der Waals surface area contributed by atoms with Gasteiger partial charge in [0.05, 0.1) is 0 Å². The number of carbonyl (C=O) groups is 1. The number of carbonyl (C=O) groups excluding carboxylic acids is 1. The van der Waals surface area contributed by atoms with Crippen LogP contribution in [0.3, 0.4) is 0 Å². The molecule has 0 bridgehead atoms. The summed E-state index contributed by atoms with van der Waals surface area (Å²) in [6.45, 7) is 5.87. The minimum absolute atomic E-state index is 0.00717. The first-order valence-electron chi connectivity index (χ1n) is 14.6. The van der Waals surface area contributed by atoms with E-state index < -0.39 is 29.5 Å². The number of hydrogen-bond acceptors (Lipinski definition) is 2. The maximum Gasteiger partial charge on any atom is 0.456 e. The number of unbranched alkanes of at least 4 members (excludes halogenated alkanes) is 6. The van der Waals surface area contributed by atoms with Crippen LogP contribution in [0.4, 0.5) is 22.0 Å². The number of fused-ring (bicyclic) bond motifs is 5. The van der Waals surface area contributed by atoms with Crippen LogP contribution in [0.5, 0.6) is 0 Å². The van der Waals surface area contributed by atoms with Gasteiger partial charge in [-0.3, -0.25) is 4.79 Å². The van der Waals surface area contributed by atoms with E-state index in [0.717, 1.165) is 44.1 Å². The highest BCUT2D eigenvalue weighted by molar-refractivity contribution is 5.91. The zero-order valence-electron chi connectivity index (χ0n) is 22.7. The molecule has 1 N–H and O–H groups in total. The molecule has 0 saturated heterocycles. The Morgan fingerprint density at radius 3 is 2.19 bits per heavy atom. The largest absolute Gasteiger partial charge is 0.456 e. The highest BCUT2D eigenvalue weighted by Gasteiger charge is 2.79. The SMILES string of the molecule is CCCCCCCCCC1CC2=CC(=O)CC[C@]2(C)[C@H]2CC[C@@]3(C)[C@@H](CCC3(O)C(F)(F)C(F)(F)F)[C@H]12. The Labute approximate surface area is 218 Å². The molecule has 212 valence electrons. The van der Waals surface area contributed by atoms with Crippen LogP contribution >= 0.6 is 0 Å². The second kappa shape index (κ2) is 10.2. The van der Waals surface area contributed by atoms with Gasteiger partial charge in [-0.1, -0.05) is 71.3 Å². The zero-order valence-corrected chi connectivity index (χ0v) is 22.7. The number of aliphatic hydroxyl groups is 1. The summed E-state index contributed by atoms with van der Waals surface area (Å²) < 4.78 is 70.5. The average molecular weight is 533 g/mol. The molecule has 0 heterocycles. The van der Waals surface area contributed by atoms with E-state index in [0.29, 0.717) is 12.8 Å². The lowest BCUT2D eigenvalue weighted by Gasteiger charge is -2.62. The summed E-state index contributed by atoms with van der Waals surface area (Å²) in [6, 6.07) is 0. The quantitative estimate of drug-likeness (QED) is 0.238. The van der Waals surface area contributed by atoms with Crippen molar-refractivity contribution in [1.82, 2.24) is 0 Å². The van der Waals surface area contributed by atoms with Crippen molar-refractivity contribution in [2.45, 2.75) is 135 Å². The smallest absolute Gasteiger partial charge is 0.383 e. The molecule has 0 aromatic carbocycles. The van der Waals surface area contributed by atoms with Gasteiger partial charge < -0.3 is 5.11 Å². The number of allylic oxidation sites excluding steroid dienone is 1. The van der Waals surface area contributed by atoms with E-state index in [1.165, 1.54) is 32.6 Å². The average Bonchev–Trinajstić information content (AvgIpc) is 3.10. The molecule has 2 unspecified atom stereocenters. The molecule has 0 aromatic rings. The van der Waals surface area contributed by atoms with Crippen LogP contribution in [-0.4, -0.2) is 28.6 Å². The molecule has 37 heavy (non-hydrogen) atoms. The molecule has 0 aliphatic heterocycles. The summed E-state index contributed by atoms with van der Waals surface area (Å²) in [4.78, 5) is 12.3. The molecule has 0 amide bonds. The predicted molar refractivity (Wildman–Crippen MR) is 134 cm³/mol. The van der Waals surface area contributed by atoms with Crippen molar-refractivity contribution >= 4 is 5.78 Å². The minimum atomic E-state index is -5.79. The van der Waals surface area contributed by atoms with E-state index in [1.807, 2.05) is 6.08 Å². The van der Waals surface area contributed by atoms with Crippen LogP contribution in [-0.2, 0) is 4.79 Å². The molecule has 4 aliphatic rings. The van der Waals surface area contributed by atoms with Crippen molar-refractivity contribution in [3.63, 3.8) is 0 Å². The Kier molecular flexibility index (Phi) is 8.00. The van der Waals surface area contributed by atoms with Gasteiger partial charge in [0.1, 0.15) is 5.60 Å². The maximum absolute atomic E-state index is 14.9. The van der Waals surface area contributed by atoms with Crippen molar-refractivity contribution in [2.75, 3.05) is 0 Å². The van der Waals surface area contributed by atoms with Crippen molar-refractivity contribution in [3.8, 4) is 0 Å². The minimum Gasteiger partial charge on any atom is -0.383 e. The van der Waals surface area contributed by atoms with Gasteiger partial charge in [-0.05, 0) is 80.1 Å². The van der Waals surface area contributed by atoms with Gasteiger partial charge in [-0.15, -0.1) is 0 Å². The summed E-state index contributed by atoms with van der Waals surface area (Å²) in [5, 5.41) is 11.2. The van der Waals surface area contributed by atoms with Crippen molar-refractivity contribution in [3.05, 3.63) is 11.6 Å². The van der Waals surface area contributed by atoms with Gasteiger partial charge in [-0.2, -0.15) is 22.0 Å². The van der Waals surface area contributed by atoms with Crippen molar-refractivity contribution < 1.29 is 31.9 Å². The Hall–Kier alpha value is -0.980. The zero-order chi connectivity index (χ0) is 27.3. The Morgan fingerprint density at radius 1 is 0.919 bits per heavy atom. The first-order valence-corrected chi connectivity index (χ1v) is 14.6. The van der Waals surface area contributed by atoms with Crippen LogP contribution in [0.25, 0.3) is 0 Å². The summed E-state index contributed by atoms with van der Waals surface area (Å²) in [5.41, 5.74) is -3.63. The Morgan fingerprint density at radius 2 is 1.54 bits per heavy atom. The molecule has 3 fully saturated rings. The van der Waals surface area contributed by atoms with Crippen LogP contribution in [0.2, 0.25) is 0 Å². The Bertz CT molecular complexity index is 882. The normalized spacial score (nSPS) is 40.1. The molecule has 0 aromatic heterocycles. The monoisotopic (exact) mass is 532 g/mol. The molecule has 4 rings (SSSR count). The molecular weight excluding hydrogens is 487 g/mol. The fraction of sp³-hybridized carbons (Fsp3) is 0.900. The van der Waals surface area contributed by atoms with Gasteiger partial charge in [0, 0.05) is 11.8 Å². The van der Waals surface area contributed by atoms with Crippen molar-refractivity contribution in [2.24, 2.45) is 34.5 Å². The van der Waals surface area contributed by atoms with E-state index in [9.17, 15) is 31.9 Å². The lowest BCUT2D eigenvalue weighted by atomic mass is 9.43. The third-order valence-electron chi connectivity index (χ3n) is 11.3. The highest BCUT2D eigenvalue weighted by atomic mass is 19.4. The molecule has 0 spiro atoms. The molecule has 2 nitrogen and oxygen atoms in total. The topological polar surface area (TPSA) is 37.3 Å². The molecule has 4 aliphatic carbocycles. The molecule has 0 radical (unpaired) electrons. The van der Waals surface area contributed by atoms with E-state index in [-0.39, 0.29) is 47.7 Å². The third-order valence-corrected chi connectivity index (χ3v) is 11.3. The highest BCUT2D eigenvalue weighted by Crippen LogP contribution is 2.72. The fourth-order valence-corrected chi connectivity index (χ4v) is 9.13. The summed E-state index contributed by atoms with van der Waals surface area (Å²) >= 11 is 0. The van der Waals surface area contributed by atoms with Crippen LogP contribution in [0.15, 0.2) is 11.6 Å². The first-order chi connectivity index (χ1) is 17.2. The number of hydrogen-bond donors (Lipinski definition) is 1. The van der Waals surface area contributed by atoms with Crippen LogP contribution < -0.4 is 0 Å². The molecule has 7 atom stereocenters. The second-order valence-corrected chi connectivity index (χ2v) is 13.1. The maximum atomic E-state index is 14.9. The molecule has 7 heteroatoms. The number of alkyl halides is 5. The Balaban J connectivity index is 1.62. The van der Waals surface area contributed by atoms with Gasteiger partial charge in [0.15, 0.2) is 5.78 Å². The van der Waals surface area contributed by atoms with Crippen LogP contribution in [0, 0.1) is 34.5 Å². The van der Waals surface area contributed by atoms with Gasteiger partial charge in [-0.25, -0.2) is 0 Å². The molecule has 3 saturated carbocycles.